The van der Waals surface area contributed by atoms with Crippen molar-refractivity contribution in [2.45, 2.75) is 12.6 Å². The van der Waals surface area contributed by atoms with E-state index in [-0.39, 0.29) is 6.04 Å². The molecule has 3 rings (SSSR count). The number of nitrogens with zero attached hydrogens (tertiary/aromatic N) is 2. The molecule has 0 fully saturated rings. The van der Waals surface area contributed by atoms with E-state index in [1.54, 1.807) is 6.20 Å². The lowest BCUT2D eigenvalue weighted by Gasteiger charge is -2.26. The summed E-state index contributed by atoms with van der Waals surface area (Å²) >= 11 is 5.95. The quantitative estimate of drug-likeness (QED) is 0.916. The van der Waals surface area contributed by atoms with Gasteiger partial charge in [-0.3, -0.25) is 9.98 Å². The first-order valence-corrected chi connectivity index (χ1v) is 7.37. The van der Waals surface area contributed by atoms with Crippen LogP contribution in [0.3, 0.4) is 0 Å². The van der Waals surface area contributed by atoms with Crippen molar-refractivity contribution in [3.63, 3.8) is 0 Å². The molecule has 0 saturated carbocycles. The normalized spacial score (nSPS) is 18.1. The third-order valence-corrected chi connectivity index (χ3v) is 3.67. The minimum Gasteiger partial charge on any atom is -0.368 e. The molecule has 0 radical (unpaired) electrons. The minimum absolute atomic E-state index is 0.0905. The number of benzene rings is 1. The van der Waals surface area contributed by atoms with E-state index in [1.807, 2.05) is 42.6 Å². The van der Waals surface area contributed by atoms with E-state index in [0.717, 1.165) is 41.6 Å². The molecule has 4 nitrogen and oxygen atoms in total. The molecule has 5 heteroatoms. The van der Waals surface area contributed by atoms with Crippen LogP contribution in [0.1, 0.15) is 17.2 Å². The van der Waals surface area contributed by atoms with Crippen LogP contribution in [0.25, 0.3) is 0 Å². The molecule has 0 bridgehead atoms. The molecule has 1 aromatic heterocycles. The van der Waals surface area contributed by atoms with E-state index >= 15 is 0 Å². The summed E-state index contributed by atoms with van der Waals surface area (Å²) in [7, 11) is 0. The van der Waals surface area contributed by atoms with Crippen LogP contribution in [-0.4, -0.2) is 23.9 Å². The zero-order chi connectivity index (χ0) is 14.5. The van der Waals surface area contributed by atoms with Gasteiger partial charge in [-0.05, 0) is 29.3 Å². The Hall–Kier alpha value is -1.91. The molecule has 0 amide bonds. The predicted molar refractivity (Wildman–Crippen MR) is 85.6 cm³/mol. The topological polar surface area (TPSA) is 49.3 Å². The molecule has 1 aliphatic rings. The molecule has 0 saturated heterocycles. The molecule has 1 unspecified atom stereocenters. The van der Waals surface area contributed by atoms with Crippen LogP contribution in [-0.2, 0) is 6.54 Å². The number of hydrogen-bond donors (Lipinski definition) is 2. The fourth-order valence-electron chi connectivity index (χ4n) is 2.36. The predicted octanol–water partition coefficient (Wildman–Crippen LogP) is 2.57. The monoisotopic (exact) mass is 300 g/mol. The summed E-state index contributed by atoms with van der Waals surface area (Å²) in [6, 6.07) is 12.0. The van der Waals surface area contributed by atoms with Crippen LogP contribution in [0.4, 0.5) is 0 Å². The lowest BCUT2D eigenvalue weighted by Crippen LogP contribution is -2.42. The van der Waals surface area contributed by atoms with E-state index in [9.17, 15) is 0 Å². The van der Waals surface area contributed by atoms with Gasteiger partial charge in [0.1, 0.15) is 5.84 Å². The van der Waals surface area contributed by atoms with E-state index < -0.39 is 0 Å². The number of pyridine rings is 1. The molecular formula is C16H17ClN4. The van der Waals surface area contributed by atoms with Gasteiger partial charge in [0.25, 0.3) is 0 Å². The van der Waals surface area contributed by atoms with Crippen molar-refractivity contribution in [2.75, 3.05) is 13.1 Å². The van der Waals surface area contributed by atoms with Gasteiger partial charge in [0, 0.05) is 30.5 Å². The Morgan fingerprint density at radius 2 is 2.10 bits per heavy atom. The van der Waals surface area contributed by atoms with E-state index in [0.29, 0.717) is 0 Å². The second kappa shape index (κ2) is 6.70. The first-order chi connectivity index (χ1) is 10.3. The highest BCUT2D eigenvalue weighted by molar-refractivity contribution is 6.30. The second-order valence-corrected chi connectivity index (χ2v) is 5.36. The van der Waals surface area contributed by atoms with Crippen LogP contribution in [0.2, 0.25) is 5.02 Å². The largest absolute Gasteiger partial charge is 0.368 e. The first kappa shape index (κ1) is 14.0. The van der Waals surface area contributed by atoms with Crippen molar-refractivity contribution in [2.24, 2.45) is 4.99 Å². The fourth-order valence-corrected chi connectivity index (χ4v) is 2.48. The zero-order valence-electron chi connectivity index (χ0n) is 11.6. The third kappa shape index (κ3) is 3.60. The smallest absolute Gasteiger partial charge is 0.118 e. The zero-order valence-corrected chi connectivity index (χ0v) is 12.3. The van der Waals surface area contributed by atoms with Crippen molar-refractivity contribution in [1.82, 2.24) is 15.6 Å². The highest BCUT2D eigenvalue weighted by atomic mass is 35.5. The van der Waals surface area contributed by atoms with Gasteiger partial charge in [0.05, 0.1) is 12.6 Å². The van der Waals surface area contributed by atoms with E-state index in [1.165, 1.54) is 0 Å². The maximum Gasteiger partial charge on any atom is 0.118 e. The Labute approximate surface area is 129 Å². The molecule has 108 valence electrons. The molecule has 1 aliphatic heterocycles. The third-order valence-electron chi connectivity index (χ3n) is 3.42. The average molecular weight is 301 g/mol. The van der Waals surface area contributed by atoms with Gasteiger partial charge in [-0.1, -0.05) is 29.8 Å². The van der Waals surface area contributed by atoms with E-state index in [2.05, 4.69) is 20.6 Å². The van der Waals surface area contributed by atoms with Crippen molar-refractivity contribution >= 4 is 17.4 Å². The maximum absolute atomic E-state index is 5.95. The standard InChI is InChI=1S/C16H17ClN4/c17-14-5-3-13(4-6-14)15-16(20-9-8-19-15)21-11-12-2-1-7-18-10-12/h1-7,10,15,19H,8-9,11H2,(H,20,21). The van der Waals surface area contributed by atoms with Crippen molar-refractivity contribution in [3.05, 3.63) is 64.9 Å². The summed E-state index contributed by atoms with van der Waals surface area (Å²) in [5.74, 6) is 0.965. The lowest BCUT2D eigenvalue weighted by atomic mass is 10.0. The van der Waals surface area contributed by atoms with Gasteiger partial charge in [-0.2, -0.15) is 0 Å². The molecule has 2 heterocycles. The summed E-state index contributed by atoms with van der Waals surface area (Å²) in [6.07, 6.45) is 3.64. The van der Waals surface area contributed by atoms with Crippen LogP contribution >= 0.6 is 11.6 Å². The average Bonchev–Trinajstić information content (AvgIpc) is 2.55. The summed E-state index contributed by atoms with van der Waals surface area (Å²) < 4.78 is 0. The highest BCUT2D eigenvalue weighted by Gasteiger charge is 2.20. The van der Waals surface area contributed by atoms with Crippen molar-refractivity contribution < 1.29 is 0 Å². The lowest BCUT2D eigenvalue weighted by molar-refractivity contribution is 0.599. The fraction of sp³-hybridized carbons (Fsp3) is 0.250. The van der Waals surface area contributed by atoms with Crippen LogP contribution in [0, 0.1) is 0 Å². The molecule has 1 aromatic carbocycles. The number of nitrogens with one attached hydrogen (secondary N) is 2. The number of halogens is 1. The number of aliphatic imine (C=N–C) groups is 1. The molecule has 21 heavy (non-hydrogen) atoms. The number of hydrogen-bond acceptors (Lipinski definition) is 4. The van der Waals surface area contributed by atoms with Gasteiger partial charge >= 0.3 is 0 Å². The first-order valence-electron chi connectivity index (χ1n) is 6.99. The Morgan fingerprint density at radius 3 is 2.86 bits per heavy atom. The Bertz CT molecular complexity index is 610. The van der Waals surface area contributed by atoms with Gasteiger partial charge in [0.2, 0.25) is 0 Å². The summed E-state index contributed by atoms with van der Waals surface area (Å²) in [4.78, 5) is 8.74. The van der Waals surface area contributed by atoms with Gasteiger partial charge in [-0.25, -0.2) is 0 Å². The highest BCUT2D eigenvalue weighted by Crippen LogP contribution is 2.19. The van der Waals surface area contributed by atoms with Gasteiger partial charge in [-0.15, -0.1) is 0 Å². The molecule has 2 N–H and O–H groups in total. The van der Waals surface area contributed by atoms with Crippen LogP contribution in [0.15, 0.2) is 53.8 Å². The van der Waals surface area contributed by atoms with Crippen molar-refractivity contribution in [3.8, 4) is 0 Å². The summed E-state index contributed by atoms with van der Waals surface area (Å²) in [6.45, 7) is 2.39. The Morgan fingerprint density at radius 1 is 1.24 bits per heavy atom. The SMILES string of the molecule is Clc1ccc(C2NCCN=C2NCc2cccnc2)cc1. The van der Waals surface area contributed by atoms with Gasteiger partial charge in [0.15, 0.2) is 0 Å². The summed E-state index contributed by atoms with van der Waals surface area (Å²) in [5, 5.41) is 7.65. The maximum atomic E-state index is 5.95. The molecule has 1 atom stereocenters. The molecule has 2 aromatic rings. The van der Waals surface area contributed by atoms with Crippen molar-refractivity contribution in [1.29, 1.82) is 0 Å². The number of aromatic nitrogens is 1. The minimum atomic E-state index is 0.0905. The molecular weight excluding hydrogens is 284 g/mol. The van der Waals surface area contributed by atoms with E-state index in [4.69, 9.17) is 11.6 Å². The molecule has 0 aliphatic carbocycles. The summed E-state index contributed by atoms with van der Waals surface area (Å²) in [5.41, 5.74) is 2.30. The van der Waals surface area contributed by atoms with Crippen LogP contribution in [0.5, 0.6) is 0 Å². The second-order valence-electron chi connectivity index (χ2n) is 4.92. The van der Waals surface area contributed by atoms with Gasteiger partial charge < -0.3 is 10.6 Å². The number of amidine groups is 1. The Kier molecular flexibility index (Phi) is 4.48. The molecule has 0 spiro atoms. The number of rotatable bonds is 3. The van der Waals surface area contributed by atoms with Crippen LogP contribution < -0.4 is 10.6 Å². The Balaban J connectivity index is 1.72.